The number of nitrogens with one attached hydrogen (secondary N) is 1. The van der Waals surface area contributed by atoms with E-state index < -0.39 is 0 Å². The van der Waals surface area contributed by atoms with Crippen LogP contribution in [0, 0.1) is 0 Å². The van der Waals surface area contributed by atoms with Crippen LogP contribution in [0.3, 0.4) is 0 Å². The Morgan fingerprint density at radius 3 is 2.95 bits per heavy atom. The fraction of sp³-hybridized carbons (Fsp3) is 0.412. The molecule has 0 amide bonds. The molecule has 1 N–H and O–H groups in total. The molecule has 5 nitrogen and oxygen atoms in total. The van der Waals surface area contributed by atoms with Gasteiger partial charge in [-0.3, -0.25) is 4.99 Å². The van der Waals surface area contributed by atoms with Crippen molar-refractivity contribution in [1.82, 2.24) is 19.8 Å². The standard InChI is InChI=1S/C17H23N5/c1-18-17(20-9-12-21-11-8-19-14-21)22-10-7-16(13-22)15-5-3-2-4-6-15/h2-6,8,11,14,16H,7,9-10,12-13H2,1H3,(H,18,20). The molecule has 1 aliphatic heterocycles. The van der Waals surface area contributed by atoms with Crippen LogP contribution in [0.1, 0.15) is 17.9 Å². The molecule has 1 unspecified atom stereocenters. The highest BCUT2D eigenvalue weighted by Gasteiger charge is 2.25. The third kappa shape index (κ3) is 3.47. The van der Waals surface area contributed by atoms with Crippen molar-refractivity contribution in [2.75, 3.05) is 26.7 Å². The molecule has 1 aromatic heterocycles. The Hall–Kier alpha value is -2.30. The molecule has 0 spiro atoms. The van der Waals surface area contributed by atoms with E-state index in [1.54, 1.807) is 6.20 Å². The number of benzene rings is 1. The molecule has 0 radical (unpaired) electrons. The van der Waals surface area contributed by atoms with Crippen molar-refractivity contribution in [2.24, 2.45) is 4.99 Å². The van der Waals surface area contributed by atoms with Crippen LogP contribution in [-0.4, -0.2) is 47.1 Å². The zero-order chi connectivity index (χ0) is 15.2. The second kappa shape index (κ2) is 7.11. The van der Waals surface area contributed by atoms with Crippen molar-refractivity contribution in [2.45, 2.75) is 18.9 Å². The van der Waals surface area contributed by atoms with Gasteiger partial charge in [0.05, 0.1) is 6.33 Å². The summed E-state index contributed by atoms with van der Waals surface area (Å²) in [5.41, 5.74) is 1.43. The summed E-state index contributed by atoms with van der Waals surface area (Å²) in [5, 5.41) is 3.45. The predicted molar refractivity (Wildman–Crippen MR) is 89.0 cm³/mol. The first-order chi connectivity index (χ1) is 10.9. The minimum atomic E-state index is 0.605. The number of nitrogens with zero attached hydrogens (tertiary/aromatic N) is 4. The molecule has 22 heavy (non-hydrogen) atoms. The van der Waals surface area contributed by atoms with Crippen LogP contribution in [0.5, 0.6) is 0 Å². The number of hydrogen-bond donors (Lipinski definition) is 1. The summed E-state index contributed by atoms with van der Waals surface area (Å²) in [7, 11) is 1.86. The summed E-state index contributed by atoms with van der Waals surface area (Å²) in [5.74, 6) is 1.60. The highest BCUT2D eigenvalue weighted by molar-refractivity contribution is 5.80. The van der Waals surface area contributed by atoms with Gasteiger partial charge in [-0.05, 0) is 12.0 Å². The summed E-state index contributed by atoms with van der Waals surface area (Å²) >= 11 is 0. The lowest BCUT2D eigenvalue weighted by molar-refractivity contribution is 0.482. The van der Waals surface area contributed by atoms with Crippen molar-refractivity contribution in [3.63, 3.8) is 0 Å². The van der Waals surface area contributed by atoms with Crippen LogP contribution in [0.15, 0.2) is 54.0 Å². The van der Waals surface area contributed by atoms with Crippen molar-refractivity contribution in [3.05, 3.63) is 54.6 Å². The van der Waals surface area contributed by atoms with E-state index in [4.69, 9.17) is 0 Å². The Balaban J connectivity index is 1.52. The van der Waals surface area contributed by atoms with Crippen LogP contribution in [0.4, 0.5) is 0 Å². The highest BCUT2D eigenvalue weighted by Crippen LogP contribution is 2.26. The van der Waals surface area contributed by atoms with Crippen LogP contribution < -0.4 is 5.32 Å². The average molecular weight is 297 g/mol. The first-order valence-corrected chi connectivity index (χ1v) is 7.83. The lowest BCUT2D eigenvalue weighted by atomic mass is 9.99. The monoisotopic (exact) mass is 297 g/mol. The molecule has 1 aromatic carbocycles. The quantitative estimate of drug-likeness (QED) is 0.693. The average Bonchev–Trinajstić information content (AvgIpc) is 3.24. The number of likely N-dealkylation sites (tertiary alicyclic amines) is 1. The topological polar surface area (TPSA) is 45.5 Å². The fourth-order valence-electron chi connectivity index (χ4n) is 3.00. The van der Waals surface area contributed by atoms with E-state index in [1.807, 2.05) is 19.6 Å². The van der Waals surface area contributed by atoms with E-state index in [9.17, 15) is 0 Å². The molecule has 3 rings (SSSR count). The van der Waals surface area contributed by atoms with Gasteiger partial charge in [0.25, 0.3) is 0 Å². The summed E-state index contributed by atoms with van der Waals surface area (Å²) in [6.07, 6.45) is 6.81. The molecule has 116 valence electrons. The van der Waals surface area contributed by atoms with Gasteiger partial charge in [0.1, 0.15) is 0 Å². The minimum absolute atomic E-state index is 0.605. The van der Waals surface area contributed by atoms with Crippen molar-refractivity contribution in [3.8, 4) is 0 Å². The van der Waals surface area contributed by atoms with Gasteiger partial charge in [-0.15, -0.1) is 0 Å². The van der Waals surface area contributed by atoms with Crippen LogP contribution >= 0.6 is 0 Å². The second-order valence-electron chi connectivity index (χ2n) is 5.62. The van der Waals surface area contributed by atoms with Gasteiger partial charge >= 0.3 is 0 Å². The lowest BCUT2D eigenvalue weighted by Gasteiger charge is -2.22. The van der Waals surface area contributed by atoms with E-state index >= 15 is 0 Å². The molecule has 2 heterocycles. The van der Waals surface area contributed by atoms with Crippen molar-refractivity contribution in [1.29, 1.82) is 0 Å². The van der Waals surface area contributed by atoms with Crippen molar-refractivity contribution < 1.29 is 0 Å². The molecular weight excluding hydrogens is 274 g/mol. The Bertz CT molecular complexity index is 591. The highest BCUT2D eigenvalue weighted by atomic mass is 15.3. The molecule has 0 aliphatic carbocycles. The van der Waals surface area contributed by atoms with E-state index in [1.165, 1.54) is 12.0 Å². The number of hydrogen-bond acceptors (Lipinski definition) is 2. The Morgan fingerprint density at radius 1 is 1.36 bits per heavy atom. The van der Waals surface area contributed by atoms with Crippen molar-refractivity contribution >= 4 is 5.96 Å². The van der Waals surface area contributed by atoms with E-state index in [0.29, 0.717) is 5.92 Å². The Morgan fingerprint density at radius 2 is 2.23 bits per heavy atom. The first kappa shape index (κ1) is 14.6. The van der Waals surface area contributed by atoms with E-state index in [0.717, 1.165) is 32.1 Å². The van der Waals surface area contributed by atoms with Crippen LogP contribution in [0.25, 0.3) is 0 Å². The maximum Gasteiger partial charge on any atom is 0.193 e. The molecular formula is C17H23N5. The largest absolute Gasteiger partial charge is 0.354 e. The smallest absolute Gasteiger partial charge is 0.193 e. The summed E-state index contributed by atoms with van der Waals surface area (Å²) < 4.78 is 2.07. The van der Waals surface area contributed by atoms with Crippen LogP contribution in [0.2, 0.25) is 0 Å². The van der Waals surface area contributed by atoms with E-state index in [-0.39, 0.29) is 0 Å². The van der Waals surface area contributed by atoms with E-state index in [2.05, 4.69) is 55.1 Å². The summed E-state index contributed by atoms with van der Waals surface area (Å²) in [4.78, 5) is 10.8. The minimum Gasteiger partial charge on any atom is -0.354 e. The number of imidazole rings is 1. The summed E-state index contributed by atoms with van der Waals surface area (Å²) in [6, 6.07) is 10.8. The Labute approximate surface area is 131 Å². The number of aliphatic imine (C=N–C) groups is 1. The zero-order valence-corrected chi connectivity index (χ0v) is 13.0. The maximum atomic E-state index is 4.42. The molecule has 2 aromatic rings. The fourth-order valence-corrected chi connectivity index (χ4v) is 3.00. The molecule has 1 fully saturated rings. The second-order valence-corrected chi connectivity index (χ2v) is 5.62. The third-order valence-electron chi connectivity index (χ3n) is 4.18. The normalized spacial score (nSPS) is 18.7. The van der Waals surface area contributed by atoms with Gasteiger partial charge in [-0.25, -0.2) is 4.98 Å². The molecule has 5 heteroatoms. The molecule has 1 saturated heterocycles. The van der Waals surface area contributed by atoms with Gasteiger partial charge < -0.3 is 14.8 Å². The number of rotatable bonds is 4. The van der Waals surface area contributed by atoms with Gasteiger partial charge in [0.2, 0.25) is 0 Å². The zero-order valence-electron chi connectivity index (χ0n) is 13.0. The van der Waals surface area contributed by atoms with Gasteiger partial charge in [-0.2, -0.15) is 0 Å². The molecule has 0 saturated carbocycles. The lowest BCUT2D eigenvalue weighted by Crippen LogP contribution is -2.41. The SMILES string of the molecule is CN=C(NCCn1ccnc1)N1CCC(c2ccccc2)C1. The van der Waals surface area contributed by atoms with Gasteiger partial charge in [-0.1, -0.05) is 30.3 Å². The molecule has 0 bridgehead atoms. The Kier molecular flexibility index (Phi) is 4.73. The molecule has 1 atom stereocenters. The maximum absolute atomic E-state index is 4.42. The van der Waals surface area contributed by atoms with Gasteiger partial charge in [0, 0.05) is 51.5 Å². The van der Waals surface area contributed by atoms with Crippen LogP contribution in [-0.2, 0) is 6.54 Å². The first-order valence-electron chi connectivity index (χ1n) is 7.83. The summed E-state index contributed by atoms with van der Waals surface area (Å²) in [6.45, 7) is 3.85. The predicted octanol–water partition coefficient (Wildman–Crippen LogP) is 1.95. The molecule has 1 aliphatic rings. The number of guanidine groups is 1. The van der Waals surface area contributed by atoms with Gasteiger partial charge in [0.15, 0.2) is 5.96 Å². The number of aromatic nitrogens is 2. The third-order valence-corrected chi connectivity index (χ3v) is 4.18.